The highest BCUT2D eigenvalue weighted by atomic mass is 19.4. The Morgan fingerprint density at radius 2 is 1.78 bits per heavy atom. The lowest BCUT2D eigenvalue weighted by Gasteiger charge is -2.11. The molecule has 0 bridgehead atoms. The van der Waals surface area contributed by atoms with Gasteiger partial charge >= 0.3 is 6.18 Å². The van der Waals surface area contributed by atoms with Crippen LogP contribution >= 0.6 is 0 Å². The summed E-state index contributed by atoms with van der Waals surface area (Å²) >= 11 is 0. The average Bonchev–Trinajstić information content (AvgIpc) is 3.51. The van der Waals surface area contributed by atoms with Gasteiger partial charge in [0.25, 0.3) is 5.91 Å². The lowest BCUT2D eigenvalue weighted by atomic mass is 10.1. The van der Waals surface area contributed by atoms with E-state index in [0.29, 0.717) is 22.4 Å². The van der Waals surface area contributed by atoms with Crippen LogP contribution in [0.4, 0.5) is 19.0 Å². The van der Waals surface area contributed by atoms with E-state index in [1.807, 2.05) is 31.2 Å². The molecule has 0 saturated heterocycles. The minimum Gasteiger partial charge on any atom is -0.497 e. The van der Waals surface area contributed by atoms with Gasteiger partial charge in [0, 0.05) is 23.9 Å². The third kappa shape index (κ3) is 5.01. The smallest absolute Gasteiger partial charge is 0.433 e. The first-order valence-electron chi connectivity index (χ1n) is 11.2. The number of benzene rings is 2. The Morgan fingerprint density at radius 3 is 2.49 bits per heavy atom. The van der Waals surface area contributed by atoms with Crippen molar-refractivity contribution < 1.29 is 22.7 Å². The van der Waals surface area contributed by atoms with Gasteiger partial charge in [-0.25, -0.2) is 9.50 Å². The van der Waals surface area contributed by atoms with E-state index in [0.717, 1.165) is 17.2 Å². The number of carbonyl (C=O) groups excluding carboxylic acids is 1. The number of hydrogen-bond acceptors (Lipinski definition) is 5. The number of nitrogens with one attached hydrogen (secondary N) is 1. The molecule has 0 unspecified atom stereocenters. The molecule has 0 radical (unpaired) electrons. The van der Waals surface area contributed by atoms with Crippen LogP contribution in [0.2, 0.25) is 0 Å². The summed E-state index contributed by atoms with van der Waals surface area (Å²) in [6, 6.07) is 18.0. The number of carbonyl (C=O) groups is 1. The maximum atomic E-state index is 13.9. The van der Waals surface area contributed by atoms with Crippen molar-refractivity contribution in [3.63, 3.8) is 0 Å². The molecule has 5 rings (SSSR count). The van der Waals surface area contributed by atoms with Crippen molar-refractivity contribution in [1.29, 1.82) is 0 Å². The molecule has 11 heteroatoms. The van der Waals surface area contributed by atoms with Gasteiger partial charge in [-0.05, 0) is 48.4 Å². The fourth-order valence-corrected chi connectivity index (χ4v) is 3.86. The third-order valence-corrected chi connectivity index (χ3v) is 5.81. The molecule has 0 saturated carbocycles. The summed E-state index contributed by atoms with van der Waals surface area (Å²) in [6.07, 6.45) is -3.02. The predicted octanol–water partition coefficient (Wildman–Crippen LogP) is 5.23. The molecule has 1 amide bonds. The summed E-state index contributed by atoms with van der Waals surface area (Å²) in [6.45, 7) is 2.50. The van der Waals surface area contributed by atoms with Gasteiger partial charge in [-0.15, -0.1) is 0 Å². The second-order valence-corrected chi connectivity index (χ2v) is 8.33. The number of ether oxygens (including phenoxy) is 1. The zero-order valence-corrected chi connectivity index (χ0v) is 19.8. The summed E-state index contributed by atoms with van der Waals surface area (Å²) in [4.78, 5) is 17.1. The predicted molar refractivity (Wildman–Crippen MR) is 130 cm³/mol. The summed E-state index contributed by atoms with van der Waals surface area (Å²) in [7, 11) is 1.49. The van der Waals surface area contributed by atoms with E-state index < -0.39 is 17.8 Å². The maximum Gasteiger partial charge on any atom is 0.433 e. The minimum atomic E-state index is -4.73. The number of anilines is 1. The zero-order valence-electron chi connectivity index (χ0n) is 19.8. The summed E-state index contributed by atoms with van der Waals surface area (Å²) in [5.41, 5.74) is 1.33. The highest BCUT2D eigenvalue weighted by molar-refractivity contribution is 6.03. The number of amides is 1. The molecule has 5 aromatic rings. The van der Waals surface area contributed by atoms with E-state index >= 15 is 0 Å². The van der Waals surface area contributed by atoms with Crippen molar-refractivity contribution in [2.24, 2.45) is 0 Å². The molecular weight excluding hydrogens is 485 g/mol. The zero-order chi connectivity index (χ0) is 26.2. The van der Waals surface area contributed by atoms with Gasteiger partial charge in [-0.1, -0.05) is 24.3 Å². The molecule has 3 heterocycles. The maximum absolute atomic E-state index is 13.9. The Kier molecular flexibility index (Phi) is 6.12. The summed E-state index contributed by atoms with van der Waals surface area (Å²) in [5.74, 6) is 0.106. The SMILES string of the molecule is COc1ccc(-c2cc(C(F)(F)F)n3nc(C(=O)Nc4ccn(Cc5ccccc5C)n4)cc3n2)cc1. The molecule has 8 nitrogen and oxygen atoms in total. The fourth-order valence-electron chi connectivity index (χ4n) is 3.86. The van der Waals surface area contributed by atoms with Crippen LogP contribution in [0.3, 0.4) is 0 Å². The number of aryl methyl sites for hydroxylation is 1. The Morgan fingerprint density at radius 1 is 1.03 bits per heavy atom. The summed E-state index contributed by atoms with van der Waals surface area (Å²) < 4.78 is 49.0. The van der Waals surface area contributed by atoms with Crippen LogP contribution in [-0.2, 0) is 12.7 Å². The number of halogens is 3. The second kappa shape index (κ2) is 9.41. The number of alkyl halides is 3. The second-order valence-electron chi connectivity index (χ2n) is 8.33. The van der Waals surface area contributed by atoms with Crippen molar-refractivity contribution in [3.05, 3.63) is 95.4 Å². The Labute approximate surface area is 209 Å². The largest absolute Gasteiger partial charge is 0.497 e. The van der Waals surface area contributed by atoms with E-state index in [9.17, 15) is 18.0 Å². The number of rotatable bonds is 6. The highest BCUT2D eigenvalue weighted by Gasteiger charge is 2.35. The molecule has 1 N–H and O–H groups in total. The molecule has 2 aromatic carbocycles. The van der Waals surface area contributed by atoms with Crippen molar-refractivity contribution in [3.8, 4) is 17.0 Å². The van der Waals surface area contributed by atoms with Crippen molar-refractivity contribution in [2.45, 2.75) is 19.6 Å². The molecule has 3 aromatic heterocycles. The van der Waals surface area contributed by atoms with Crippen molar-refractivity contribution in [2.75, 3.05) is 12.4 Å². The normalized spacial score (nSPS) is 11.6. The van der Waals surface area contributed by atoms with Crippen LogP contribution in [0.5, 0.6) is 5.75 Å². The van der Waals surface area contributed by atoms with Gasteiger partial charge < -0.3 is 10.1 Å². The van der Waals surface area contributed by atoms with Gasteiger partial charge in [-0.3, -0.25) is 9.48 Å². The standard InChI is InChI=1S/C26H21F3N6O2/c1-16-5-3-4-6-18(16)15-34-12-11-23(33-34)31-25(36)21-14-24-30-20(17-7-9-19(37-2)10-8-17)13-22(26(27,28)29)35(24)32-21/h3-14H,15H2,1-2H3,(H,31,33,36). The average molecular weight is 506 g/mol. The molecule has 188 valence electrons. The molecule has 0 aliphatic rings. The van der Waals surface area contributed by atoms with Crippen molar-refractivity contribution >= 4 is 17.4 Å². The molecule has 37 heavy (non-hydrogen) atoms. The van der Waals surface area contributed by atoms with Crippen LogP contribution in [0, 0.1) is 6.92 Å². The Hall–Kier alpha value is -4.67. The van der Waals surface area contributed by atoms with Gasteiger partial charge in [0.05, 0.1) is 19.3 Å². The van der Waals surface area contributed by atoms with Gasteiger partial charge in [-0.2, -0.15) is 23.4 Å². The number of aromatic nitrogens is 5. The molecule has 0 fully saturated rings. The Balaban J connectivity index is 1.42. The first-order valence-corrected chi connectivity index (χ1v) is 11.2. The van der Waals surface area contributed by atoms with Crippen LogP contribution in [0.15, 0.2) is 72.9 Å². The fraction of sp³-hybridized carbons (Fsp3) is 0.154. The van der Waals surface area contributed by atoms with Gasteiger partial charge in [0.2, 0.25) is 0 Å². The molecule has 0 atom stereocenters. The topological polar surface area (TPSA) is 86.3 Å². The highest BCUT2D eigenvalue weighted by Crippen LogP contribution is 2.32. The molecular formula is C26H21F3N6O2. The first kappa shape index (κ1) is 24.0. The number of methoxy groups -OCH3 is 1. The monoisotopic (exact) mass is 506 g/mol. The van der Waals surface area contributed by atoms with E-state index in [1.165, 1.54) is 13.2 Å². The quantitative estimate of drug-likeness (QED) is 0.341. The molecule has 0 aliphatic carbocycles. The summed E-state index contributed by atoms with van der Waals surface area (Å²) in [5, 5.41) is 10.8. The van der Waals surface area contributed by atoms with Gasteiger partial charge in [0.15, 0.2) is 22.9 Å². The van der Waals surface area contributed by atoms with Crippen LogP contribution < -0.4 is 10.1 Å². The lowest BCUT2D eigenvalue weighted by Crippen LogP contribution is -2.16. The number of fused-ring (bicyclic) bond motifs is 1. The first-order chi connectivity index (χ1) is 17.7. The lowest BCUT2D eigenvalue weighted by molar-refractivity contribution is -0.142. The third-order valence-electron chi connectivity index (χ3n) is 5.81. The minimum absolute atomic E-state index is 0.0873. The number of nitrogens with zero attached hydrogens (tertiary/aromatic N) is 5. The van der Waals surface area contributed by atoms with E-state index in [1.54, 1.807) is 41.2 Å². The van der Waals surface area contributed by atoms with Crippen LogP contribution in [-0.4, -0.2) is 37.4 Å². The molecule has 0 spiro atoms. The van der Waals surface area contributed by atoms with E-state index in [2.05, 4.69) is 20.5 Å². The Bertz CT molecular complexity index is 1590. The molecule has 0 aliphatic heterocycles. The van der Waals surface area contributed by atoms with E-state index in [-0.39, 0.29) is 22.9 Å². The van der Waals surface area contributed by atoms with Crippen molar-refractivity contribution in [1.82, 2.24) is 24.4 Å². The number of hydrogen-bond donors (Lipinski definition) is 1. The van der Waals surface area contributed by atoms with E-state index in [4.69, 9.17) is 4.74 Å². The van der Waals surface area contributed by atoms with Gasteiger partial charge in [0.1, 0.15) is 5.75 Å². The van der Waals surface area contributed by atoms with Crippen LogP contribution in [0.25, 0.3) is 16.9 Å². The van der Waals surface area contributed by atoms with Crippen LogP contribution in [0.1, 0.15) is 27.3 Å².